The van der Waals surface area contributed by atoms with Crippen molar-refractivity contribution in [3.8, 4) is 0 Å². The van der Waals surface area contributed by atoms with Crippen LogP contribution >= 0.6 is 0 Å². The van der Waals surface area contributed by atoms with Gasteiger partial charge in [-0.3, -0.25) is 0 Å². The maximum atomic E-state index is 3.71. The van der Waals surface area contributed by atoms with Crippen molar-refractivity contribution in [3.63, 3.8) is 0 Å². The lowest BCUT2D eigenvalue weighted by Crippen LogP contribution is -1.78. The molecule has 0 aliphatic heterocycles. The minimum atomic E-state index is 1.08. The van der Waals surface area contributed by atoms with Crippen LogP contribution in [0.4, 0.5) is 0 Å². The molecule has 0 fully saturated rings. The summed E-state index contributed by atoms with van der Waals surface area (Å²) in [5.74, 6) is 0. The lowest BCUT2D eigenvalue weighted by Gasteiger charge is -1.98. The van der Waals surface area contributed by atoms with Crippen LogP contribution in [0.25, 0.3) is 0 Å². The first kappa shape index (κ1) is 54.4. The molecule has 0 saturated heterocycles. The van der Waals surface area contributed by atoms with Crippen molar-refractivity contribution < 1.29 is 0 Å². The first-order valence-electron chi connectivity index (χ1n) is 18.4. The summed E-state index contributed by atoms with van der Waals surface area (Å²) in [4.78, 5) is 0. The van der Waals surface area contributed by atoms with Crippen LogP contribution in [0.15, 0.2) is 87.5 Å². The smallest absolute Gasteiger partial charge is 0.0353 e. The third-order valence-corrected chi connectivity index (χ3v) is 6.04. The fraction of sp³-hybridized carbons (Fsp3) is 0.636. The molecular weight excluding hydrogens is 528 g/mol. The van der Waals surface area contributed by atoms with Crippen molar-refractivity contribution in [2.24, 2.45) is 0 Å². The minimum absolute atomic E-state index is 1.08. The highest BCUT2D eigenvalue weighted by molar-refractivity contribution is 5.19. The predicted molar refractivity (Wildman–Crippen MR) is 214 cm³/mol. The maximum Gasteiger partial charge on any atom is -0.0353 e. The van der Waals surface area contributed by atoms with Gasteiger partial charge in [0, 0.05) is 0 Å². The Labute approximate surface area is 282 Å². The Morgan fingerprint density at radius 3 is 0.864 bits per heavy atom. The number of allylic oxidation sites excluding steroid dienone is 5. The molecule has 0 saturated carbocycles. The Morgan fingerprint density at radius 1 is 0.432 bits per heavy atom. The summed E-state index contributed by atoms with van der Waals surface area (Å²) < 4.78 is 0. The molecular formula is C44H84. The lowest BCUT2D eigenvalue weighted by atomic mass is 10.1. The zero-order chi connectivity index (χ0) is 35.0. The van der Waals surface area contributed by atoms with E-state index in [-0.39, 0.29) is 0 Å². The zero-order valence-corrected chi connectivity index (χ0v) is 32.2. The fourth-order valence-corrected chi connectivity index (χ4v) is 3.31. The molecule has 0 aromatic heterocycles. The van der Waals surface area contributed by atoms with E-state index in [0.717, 1.165) is 6.42 Å². The Bertz CT molecular complexity index is 582. The number of benzene rings is 1. The summed E-state index contributed by atoms with van der Waals surface area (Å²) in [5.41, 5.74) is 2.66. The molecule has 0 radical (unpaired) electrons. The second kappa shape index (κ2) is 64.0. The average molecular weight is 613 g/mol. The summed E-state index contributed by atoms with van der Waals surface area (Å²) in [5, 5.41) is 0. The van der Waals surface area contributed by atoms with Crippen LogP contribution in [0.2, 0.25) is 0 Å². The van der Waals surface area contributed by atoms with Gasteiger partial charge in [0.15, 0.2) is 0 Å². The van der Waals surface area contributed by atoms with E-state index in [2.05, 4.69) is 98.7 Å². The Morgan fingerprint density at radius 2 is 0.636 bits per heavy atom. The van der Waals surface area contributed by atoms with Crippen molar-refractivity contribution in [3.05, 3.63) is 98.7 Å². The molecule has 0 amide bonds. The van der Waals surface area contributed by atoms with E-state index in [1.165, 1.54) is 127 Å². The van der Waals surface area contributed by atoms with Crippen LogP contribution in [0, 0.1) is 13.8 Å². The fourth-order valence-electron chi connectivity index (χ4n) is 3.31. The van der Waals surface area contributed by atoms with Gasteiger partial charge in [0.1, 0.15) is 0 Å². The van der Waals surface area contributed by atoms with E-state index in [0.29, 0.717) is 0 Å². The van der Waals surface area contributed by atoms with E-state index < -0.39 is 0 Å². The molecule has 260 valence electrons. The number of hydrogen-bond donors (Lipinski definition) is 0. The third kappa shape index (κ3) is 83.4. The topological polar surface area (TPSA) is 0 Å². The Balaban J connectivity index is -0.000000101. The van der Waals surface area contributed by atoms with Gasteiger partial charge in [0.2, 0.25) is 0 Å². The molecule has 0 aliphatic rings. The normalized spacial score (nSPS) is 8.48. The number of unbranched alkanes of at least 4 members (excludes halogenated alkanes) is 15. The van der Waals surface area contributed by atoms with Crippen LogP contribution in [0.1, 0.15) is 182 Å². The molecule has 1 aromatic carbocycles. The van der Waals surface area contributed by atoms with Gasteiger partial charge >= 0.3 is 0 Å². The van der Waals surface area contributed by atoms with Gasteiger partial charge in [0.05, 0.1) is 0 Å². The second-order valence-electron chi connectivity index (χ2n) is 10.7. The molecule has 0 heteroatoms. The molecule has 0 unspecified atom stereocenters. The molecule has 0 atom stereocenters. The van der Waals surface area contributed by atoms with Gasteiger partial charge < -0.3 is 0 Å². The zero-order valence-electron chi connectivity index (χ0n) is 32.2. The van der Waals surface area contributed by atoms with E-state index >= 15 is 0 Å². The molecule has 44 heavy (non-hydrogen) atoms. The van der Waals surface area contributed by atoms with Crippen molar-refractivity contribution in [2.45, 2.75) is 184 Å². The molecule has 0 nitrogen and oxygen atoms in total. The highest BCUT2D eigenvalue weighted by Gasteiger charge is 1.88. The van der Waals surface area contributed by atoms with E-state index in [9.17, 15) is 0 Å². The molecule has 1 rings (SSSR count). The van der Waals surface area contributed by atoms with Crippen LogP contribution in [0.3, 0.4) is 0 Å². The second-order valence-corrected chi connectivity index (χ2v) is 10.7. The first-order valence-corrected chi connectivity index (χ1v) is 18.4. The minimum Gasteiger partial charge on any atom is -0.103 e. The van der Waals surface area contributed by atoms with Crippen LogP contribution in [-0.4, -0.2) is 0 Å². The predicted octanol–water partition coefficient (Wildman–Crippen LogP) is 16.7. The largest absolute Gasteiger partial charge is 0.103 e. The summed E-state index contributed by atoms with van der Waals surface area (Å²) in [6, 6.07) is 8.48. The van der Waals surface area contributed by atoms with Gasteiger partial charge in [-0.05, 0) is 65.7 Å². The average Bonchev–Trinajstić information content (AvgIpc) is 3.05. The van der Waals surface area contributed by atoms with Crippen LogP contribution in [-0.2, 0) is 0 Å². The lowest BCUT2D eigenvalue weighted by molar-refractivity contribution is 0.592. The molecule has 0 heterocycles. The van der Waals surface area contributed by atoms with Gasteiger partial charge in [-0.2, -0.15) is 0 Å². The molecule has 0 aliphatic carbocycles. The highest BCUT2D eigenvalue weighted by Crippen LogP contribution is 2.08. The van der Waals surface area contributed by atoms with Gasteiger partial charge in [0.25, 0.3) is 0 Å². The van der Waals surface area contributed by atoms with Crippen molar-refractivity contribution in [1.82, 2.24) is 0 Å². The third-order valence-electron chi connectivity index (χ3n) is 6.04. The number of aryl methyl sites for hydroxylation is 2. The van der Waals surface area contributed by atoms with Crippen LogP contribution < -0.4 is 0 Å². The van der Waals surface area contributed by atoms with E-state index in [1.807, 2.05) is 45.1 Å². The van der Waals surface area contributed by atoms with E-state index in [1.54, 1.807) is 6.08 Å². The highest BCUT2D eigenvalue weighted by atomic mass is 13.9. The van der Waals surface area contributed by atoms with Crippen molar-refractivity contribution in [1.29, 1.82) is 0 Å². The molecule has 0 bridgehead atoms. The number of rotatable bonds is 19. The molecule has 1 aromatic rings. The molecule has 0 N–H and O–H groups in total. The van der Waals surface area contributed by atoms with Gasteiger partial charge in [-0.25, -0.2) is 0 Å². The van der Waals surface area contributed by atoms with Gasteiger partial charge in [-0.1, -0.05) is 184 Å². The Hall–Kier alpha value is -2.08. The first-order chi connectivity index (χ1) is 21.4. The number of hydrogen-bond acceptors (Lipinski definition) is 0. The SMILES string of the molecule is C=CC.C=CCC.C=CCCCCC.C=CCCCCCCC.C=CCCCCCCCCC.CC.Cc1ccc(C)cc1. The van der Waals surface area contributed by atoms with Crippen LogP contribution in [0.5, 0.6) is 0 Å². The monoisotopic (exact) mass is 613 g/mol. The summed E-state index contributed by atoms with van der Waals surface area (Å²) in [7, 11) is 0. The standard InChI is InChI=1S/C11H22.C9H18.C8H10.C7H14.C4H8.C3H6.C2H6/c1-3-5-7-9-11-10-8-6-4-2;1-3-5-7-9-8-6-4-2;1-7-3-5-8(2)6-4-7;1-3-5-7-6-4-2;1-3-4-2;1-3-2;1-2/h3H,1,4-11H2,2H3;3H,1,4-9H2,2H3;3-6H,1-2H3;3H,1,4-7H2,2H3;3H,1,4H2,2H3;3H,1H2,2H3;1-2H3. The summed E-state index contributed by atoms with van der Waals surface area (Å²) in [6.07, 6.45) is 35.0. The van der Waals surface area contributed by atoms with Gasteiger partial charge in [-0.15, -0.1) is 32.9 Å². The molecule has 0 spiro atoms. The van der Waals surface area contributed by atoms with Crippen molar-refractivity contribution >= 4 is 0 Å². The summed E-state index contributed by atoms with van der Waals surface area (Å²) in [6.45, 7) is 36.7. The summed E-state index contributed by atoms with van der Waals surface area (Å²) >= 11 is 0. The van der Waals surface area contributed by atoms with E-state index in [4.69, 9.17) is 0 Å². The van der Waals surface area contributed by atoms with Crippen molar-refractivity contribution in [2.75, 3.05) is 0 Å². The maximum absolute atomic E-state index is 3.71. The quantitative estimate of drug-likeness (QED) is 0.108. The Kier molecular flexibility index (Phi) is 79.1.